The monoisotopic (exact) mass is 400 g/mol. The van der Waals surface area contributed by atoms with Crippen LogP contribution in [-0.2, 0) is 6.54 Å². The summed E-state index contributed by atoms with van der Waals surface area (Å²) in [6.07, 6.45) is 1.75. The average Bonchev–Trinajstić information content (AvgIpc) is 3.19. The molecule has 0 aliphatic rings. The summed E-state index contributed by atoms with van der Waals surface area (Å²) in [7, 11) is 0. The second kappa shape index (κ2) is 9.80. The maximum absolute atomic E-state index is 12.6. The van der Waals surface area contributed by atoms with Crippen molar-refractivity contribution in [2.24, 2.45) is 0 Å². The van der Waals surface area contributed by atoms with Crippen LogP contribution in [0.15, 0.2) is 76.1 Å². The highest BCUT2D eigenvalue weighted by Crippen LogP contribution is 2.29. The minimum absolute atomic E-state index is 0.0723. The number of aromatic nitrogens is 1. The number of amides is 1. The van der Waals surface area contributed by atoms with Gasteiger partial charge >= 0.3 is 0 Å². The van der Waals surface area contributed by atoms with Crippen LogP contribution in [0.2, 0.25) is 0 Å². The third-order valence-corrected chi connectivity index (χ3v) is 7.04. The summed E-state index contributed by atoms with van der Waals surface area (Å²) in [5.41, 5.74) is 0.644. The van der Waals surface area contributed by atoms with Crippen molar-refractivity contribution in [1.82, 2.24) is 10.3 Å². The van der Waals surface area contributed by atoms with Gasteiger partial charge in [0.05, 0.1) is 12.1 Å². The molecular weight excluding hydrogens is 380 g/mol. The molecule has 0 aliphatic heterocycles. The zero-order valence-corrected chi connectivity index (χ0v) is 16.9. The van der Waals surface area contributed by atoms with E-state index in [1.54, 1.807) is 29.3 Å². The third kappa shape index (κ3) is 5.62. The molecule has 3 nitrogen and oxygen atoms in total. The molecule has 0 fully saturated rings. The van der Waals surface area contributed by atoms with E-state index in [0.717, 1.165) is 15.7 Å². The van der Waals surface area contributed by atoms with Gasteiger partial charge in [-0.1, -0.05) is 31.2 Å². The number of hydrogen-bond donors (Lipinski definition) is 1. The Morgan fingerprint density at radius 2 is 2.00 bits per heavy atom. The molecule has 134 valence electrons. The Kier molecular flexibility index (Phi) is 7.17. The third-order valence-electron chi connectivity index (χ3n) is 3.56. The van der Waals surface area contributed by atoms with Gasteiger partial charge in [-0.05, 0) is 35.7 Å². The Hall–Kier alpha value is -1.76. The van der Waals surface area contributed by atoms with Crippen LogP contribution in [-0.4, -0.2) is 21.9 Å². The largest absolute Gasteiger partial charge is 0.347 e. The van der Waals surface area contributed by atoms with Gasteiger partial charge in [0.1, 0.15) is 5.03 Å². The fraction of sp³-hybridized carbons (Fsp3) is 0.200. The molecule has 1 unspecified atom stereocenters. The number of nitrogens with zero attached hydrogens (tertiary/aromatic N) is 1. The van der Waals surface area contributed by atoms with Crippen molar-refractivity contribution >= 4 is 40.8 Å². The van der Waals surface area contributed by atoms with Crippen LogP contribution >= 0.6 is 34.9 Å². The Morgan fingerprint density at radius 3 is 2.77 bits per heavy atom. The van der Waals surface area contributed by atoms with Crippen LogP contribution in [0.1, 0.15) is 22.2 Å². The number of carbonyl (C=O) groups excluding carboxylic acids is 1. The minimum Gasteiger partial charge on any atom is -0.347 e. The van der Waals surface area contributed by atoms with Crippen LogP contribution in [0.25, 0.3) is 0 Å². The molecule has 0 spiro atoms. The number of benzene rings is 1. The van der Waals surface area contributed by atoms with E-state index < -0.39 is 0 Å². The Morgan fingerprint density at radius 1 is 1.15 bits per heavy atom. The first-order valence-corrected chi connectivity index (χ1v) is 11.1. The van der Waals surface area contributed by atoms with Gasteiger partial charge in [0, 0.05) is 27.0 Å². The number of rotatable bonds is 8. The van der Waals surface area contributed by atoms with Crippen molar-refractivity contribution < 1.29 is 4.79 Å². The lowest BCUT2D eigenvalue weighted by atomic mass is 10.2. The predicted molar refractivity (Wildman–Crippen MR) is 112 cm³/mol. The van der Waals surface area contributed by atoms with E-state index in [1.165, 1.54) is 4.90 Å². The summed E-state index contributed by atoms with van der Waals surface area (Å²) in [4.78, 5) is 19.4. The summed E-state index contributed by atoms with van der Waals surface area (Å²) in [6, 6.07) is 18.0. The van der Waals surface area contributed by atoms with Crippen LogP contribution < -0.4 is 5.32 Å². The highest BCUT2D eigenvalue weighted by atomic mass is 32.2. The van der Waals surface area contributed by atoms with Gasteiger partial charge in [0.15, 0.2) is 0 Å². The van der Waals surface area contributed by atoms with Gasteiger partial charge in [0.25, 0.3) is 5.91 Å². The second-order valence-corrected chi connectivity index (χ2v) is 9.22. The van der Waals surface area contributed by atoms with E-state index >= 15 is 0 Å². The molecule has 1 aromatic carbocycles. The molecule has 0 aliphatic carbocycles. The lowest BCUT2D eigenvalue weighted by Gasteiger charge is -2.13. The van der Waals surface area contributed by atoms with Gasteiger partial charge in [-0.2, -0.15) is 0 Å². The lowest BCUT2D eigenvalue weighted by Crippen LogP contribution is -2.23. The zero-order chi connectivity index (χ0) is 18.2. The molecule has 1 atom stereocenters. The number of thiophene rings is 1. The fourth-order valence-corrected chi connectivity index (χ4v) is 4.98. The van der Waals surface area contributed by atoms with Crippen LogP contribution in [0, 0.1) is 0 Å². The highest BCUT2D eigenvalue weighted by molar-refractivity contribution is 8.03. The molecule has 6 heteroatoms. The summed E-state index contributed by atoms with van der Waals surface area (Å²) in [6.45, 7) is 2.72. The van der Waals surface area contributed by atoms with Crippen LogP contribution in [0.4, 0.5) is 0 Å². The molecule has 0 radical (unpaired) electrons. The quantitative estimate of drug-likeness (QED) is 0.518. The topological polar surface area (TPSA) is 42.0 Å². The number of carbonyl (C=O) groups is 1. The Labute approximate surface area is 166 Å². The standard InChI is InChI=1S/C20H20N2OS3/c1-15(14-25-16-7-3-2-4-8-16)26-20-18(10-5-11-21-20)19(23)22-13-17-9-6-12-24-17/h2-12,15H,13-14H2,1H3,(H,22,23). The second-order valence-electron chi connectivity index (χ2n) is 5.67. The van der Waals surface area contributed by atoms with Gasteiger partial charge in [-0.3, -0.25) is 4.79 Å². The number of thioether (sulfide) groups is 2. The van der Waals surface area contributed by atoms with E-state index in [2.05, 4.69) is 41.5 Å². The minimum atomic E-state index is -0.0723. The molecular formula is C20H20N2OS3. The van der Waals surface area contributed by atoms with Crippen LogP contribution in [0.3, 0.4) is 0 Å². The zero-order valence-electron chi connectivity index (χ0n) is 14.4. The summed E-state index contributed by atoms with van der Waals surface area (Å²) < 4.78 is 0. The first-order valence-electron chi connectivity index (χ1n) is 8.32. The Bertz CT molecular complexity index is 822. The molecule has 0 saturated heterocycles. The number of pyridine rings is 1. The first-order chi connectivity index (χ1) is 12.7. The van der Waals surface area contributed by atoms with Crippen molar-refractivity contribution in [3.8, 4) is 0 Å². The number of nitrogens with one attached hydrogen (secondary N) is 1. The summed E-state index contributed by atoms with van der Waals surface area (Å²) in [5, 5.41) is 6.13. The highest BCUT2D eigenvalue weighted by Gasteiger charge is 2.15. The predicted octanol–water partition coefficient (Wildman–Crippen LogP) is 5.35. The summed E-state index contributed by atoms with van der Waals surface area (Å²) >= 11 is 5.11. The van der Waals surface area contributed by atoms with E-state index in [9.17, 15) is 4.79 Å². The molecule has 1 amide bonds. The van der Waals surface area contributed by atoms with Crippen molar-refractivity contribution in [2.45, 2.75) is 28.6 Å². The van der Waals surface area contributed by atoms with E-state index in [-0.39, 0.29) is 5.91 Å². The molecule has 3 aromatic rings. The van der Waals surface area contributed by atoms with E-state index in [1.807, 2.05) is 47.5 Å². The number of hydrogen-bond acceptors (Lipinski definition) is 5. The maximum Gasteiger partial charge on any atom is 0.254 e. The fourth-order valence-electron chi connectivity index (χ4n) is 2.29. The molecule has 0 saturated carbocycles. The maximum atomic E-state index is 12.6. The van der Waals surface area contributed by atoms with Crippen molar-refractivity contribution in [3.05, 3.63) is 76.6 Å². The molecule has 1 N–H and O–H groups in total. The van der Waals surface area contributed by atoms with Gasteiger partial charge in [0.2, 0.25) is 0 Å². The van der Waals surface area contributed by atoms with Gasteiger partial charge < -0.3 is 5.32 Å². The molecule has 26 heavy (non-hydrogen) atoms. The van der Waals surface area contributed by atoms with Crippen molar-refractivity contribution in [2.75, 3.05) is 5.75 Å². The normalized spacial score (nSPS) is 11.9. The first kappa shape index (κ1) is 19.0. The molecule has 3 rings (SSSR count). The van der Waals surface area contributed by atoms with E-state index in [0.29, 0.717) is 17.4 Å². The van der Waals surface area contributed by atoms with Gasteiger partial charge in [-0.25, -0.2) is 4.98 Å². The molecule has 0 bridgehead atoms. The van der Waals surface area contributed by atoms with Crippen molar-refractivity contribution in [1.29, 1.82) is 0 Å². The van der Waals surface area contributed by atoms with Crippen molar-refractivity contribution in [3.63, 3.8) is 0 Å². The van der Waals surface area contributed by atoms with Crippen LogP contribution in [0.5, 0.6) is 0 Å². The van der Waals surface area contributed by atoms with Gasteiger partial charge in [-0.15, -0.1) is 34.9 Å². The SMILES string of the molecule is CC(CSc1ccccc1)Sc1ncccc1C(=O)NCc1cccs1. The van der Waals surface area contributed by atoms with E-state index in [4.69, 9.17) is 0 Å². The smallest absolute Gasteiger partial charge is 0.254 e. The lowest BCUT2D eigenvalue weighted by molar-refractivity contribution is 0.0947. The molecule has 2 aromatic heterocycles. The summed E-state index contributed by atoms with van der Waals surface area (Å²) in [5.74, 6) is 0.888. The Balaban J connectivity index is 1.58. The molecule has 2 heterocycles. The average molecular weight is 401 g/mol.